The van der Waals surface area contributed by atoms with Crippen molar-refractivity contribution in [3.63, 3.8) is 0 Å². The van der Waals surface area contributed by atoms with E-state index in [9.17, 15) is 4.79 Å². The highest BCUT2D eigenvalue weighted by atomic mass is 16.5. The lowest BCUT2D eigenvalue weighted by atomic mass is 10.1. The molecule has 1 amide bonds. The third kappa shape index (κ3) is 3.18. The van der Waals surface area contributed by atoms with E-state index in [0.717, 1.165) is 5.56 Å². The highest BCUT2D eigenvalue weighted by Crippen LogP contribution is 2.21. The molecular formula is C13H14N2O3. The van der Waals surface area contributed by atoms with E-state index in [1.165, 1.54) is 6.39 Å². The summed E-state index contributed by atoms with van der Waals surface area (Å²) < 4.78 is 10.2. The topological polar surface area (TPSA) is 64.4 Å². The van der Waals surface area contributed by atoms with Crippen LogP contribution in [0.3, 0.4) is 0 Å². The molecule has 0 saturated carbocycles. The van der Waals surface area contributed by atoms with Crippen LogP contribution < -0.4 is 5.32 Å². The molecule has 2 aromatic rings. The van der Waals surface area contributed by atoms with Gasteiger partial charge in [0.25, 0.3) is 0 Å². The molecule has 5 heteroatoms. The maximum Gasteiger partial charge on any atom is 0.250 e. The molecule has 0 radical (unpaired) electrons. The van der Waals surface area contributed by atoms with Gasteiger partial charge in [0.05, 0.1) is 6.20 Å². The Balaban J connectivity index is 2.06. The van der Waals surface area contributed by atoms with Crippen LogP contribution in [-0.2, 0) is 9.53 Å². The summed E-state index contributed by atoms with van der Waals surface area (Å²) in [6, 6.07) is 7.36. The number of oxazole rings is 1. The van der Waals surface area contributed by atoms with Gasteiger partial charge in [0.2, 0.25) is 5.91 Å². The van der Waals surface area contributed by atoms with Crippen molar-refractivity contribution in [2.24, 2.45) is 0 Å². The van der Waals surface area contributed by atoms with Gasteiger partial charge in [-0.1, -0.05) is 12.1 Å². The number of nitrogens with zero attached hydrogens (tertiary/aromatic N) is 1. The van der Waals surface area contributed by atoms with Crippen molar-refractivity contribution in [2.75, 3.05) is 18.5 Å². The second-order valence-electron chi connectivity index (χ2n) is 3.63. The molecule has 0 fully saturated rings. The Labute approximate surface area is 105 Å². The van der Waals surface area contributed by atoms with Crippen LogP contribution in [0.5, 0.6) is 0 Å². The van der Waals surface area contributed by atoms with E-state index in [4.69, 9.17) is 9.15 Å². The number of ether oxygens (including phenoxy) is 1. The fourth-order valence-corrected chi connectivity index (χ4v) is 1.50. The molecule has 0 unspecified atom stereocenters. The van der Waals surface area contributed by atoms with Gasteiger partial charge in [0, 0.05) is 17.9 Å². The Morgan fingerprint density at radius 2 is 2.39 bits per heavy atom. The number of benzene rings is 1. The summed E-state index contributed by atoms with van der Waals surface area (Å²) >= 11 is 0. The van der Waals surface area contributed by atoms with Gasteiger partial charge < -0.3 is 14.5 Å². The molecule has 0 aliphatic rings. The number of hydrogen-bond donors (Lipinski definition) is 1. The van der Waals surface area contributed by atoms with Gasteiger partial charge in [-0.3, -0.25) is 4.79 Å². The molecule has 0 aliphatic heterocycles. The first-order valence-electron chi connectivity index (χ1n) is 5.66. The van der Waals surface area contributed by atoms with Crippen molar-refractivity contribution >= 4 is 11.6 Å². The maximum atomic E-state index is 11.5. The van der Waals surface area contributed by atoms with Crippen molar-refractivity contribution in [3.05, 3.63) is 36.9 Å². The van der Waals surface area contributed by atoms with Crippen LogP contribution in [0.1, 0.15) is 6.92 Å². The van der Waals surface area contributed by atoms with Gasteiger partial charge >= 0.3 is 0 Å². The van der Waals surface area contributed by atoms with Crippen LogP contribution in [0.4, 0.5) is 5.69 Å². The van der Waals surface area contributed by atoms with Crippen LogP contribution in [0.2, 0.25) is 0 Å². The summed E-state index contributed by atoms with van der Waals surface area (Å²) in [5.41, 5.74) is 1.57. The van der Waals surface area contributed by atoms with E-state index < -0.39 is 0 Å². The van der Waals surface area contributed by atoms with Crippen molar-refractivity contribution in [3.8, 4) is 11.3 Å². The zero-order chi connectivity index (χ0) is 12.8. The monoisotopic (exact) mass is 246 g/mol. The predicted molar refractivity (Wildman–Crippen MR) is 67.1 cm³/mol. The molecule has 2 rings (SSSR count). The van der Waals surface area contributed by atoms with Gasteiger partial charge in [-0.2, -0.15) is 0 Å². The number of anilines is 1. The Morgan fingerprint density at radius 1 is 1.50 bits per heavy atom. The molecule has 0 saturated heterocycles. The number of amides is 1. The Hall–Kier alpha value is -2.14. The average Bonchev–Trinajstić information content (AvgIpc) is 2.90. The molecule has 18 heavy (non-hydrogen) atoms. The lowest BCUT2D eigenvalue weighted by molar-refractivity contribution is -0.120. The van der Waals surface area contributed by atoms with Crippen LogP contribution in [-0.4, -0.2) is 24.1 Å². The van der Waals surface area contributed by atoms with Gasteiger partial charge in [-0.15, -0.1) is 0 Å². The lowest BCUT2D eigenvalue weighted by Crippen LogP contribution is -2.18. The standard InChI is InChI=1S/C13H14N2O3/c1-2-17-8-13(16)15-11-5-3-4-10(6-11)12-7-14-9-18-12/h3-7,9H,2,8H2,1H3,(H,15,16). The number of hydrogen-bond acceptors (Lipinski definition) is 4. The number of carbonyl (C=O) groups is 1. The molecule has 0 aliphatic carbocycles. The predicted octanol–water partition coefficient (Wildman–Crippen LogP) is 2.32. The van der Waals surface area contributed by atoms with Crippen LogP contribution in [0, 0.1) is 0 Å². The minimum Gasteiger partial charge on any atom is -0.444 e. The van der Waals surface area contributed by atoms with E-state index in [1.54, 1.807) is 6.20 Å². The summed E-state index contributed by atoms with van der Waals surface area (Å²) in [5.74, 6) is 0.488. The van der Waals surface area contributed by atoms with Crippen LogP contribution in [0.15, 0.2) is 41.3 Å². The molecular weight excluding hydrogens is 232 g/mol. The number of rotatable bonds is 5. The zero-order valence-corrected chi connectivity index (χ0v) is 10.1. The SMILES string of the molecule is CCOCC(=O)Nc1cccc(-c2cnco2)c1. The van der Waals surface area contributed by atoms with Gasteiger partial charge in [-0.05, 0) is 19.1 Å². The molecule has 1 N–H and O–H groups in total. The maximum absolute atomic E-state index is 11.5. The minimum atomic E-state index is -0.174. The largest absolute Gasteiger partial charge is 0.444 e. The van der Waals surface area contributed by atoms with E-state index in [0.29, 0.717) is 18.1 Å². The highest BCUT2D eigenvalue weighted by Gasteiger charge is 2.05. The second kappa shape index (κ2) is 5.97. The quantitative estimate of drug-likeness (QED) is 0.879. The van der Waals surface area contributed by atoms with Crippen molar-refractivity contribution in [1.29, 1.82) is 0 Å². The Bertz CT molecular complexity index is 509. The van der Waals surface area contributed by atoms with Crippen molar-refractivity contribution in [1.82, 2.24) is 4.98 Å². The Kier molecular flexibility index (Phi) is 4.09. The van der Waals surface area contributed by atoms with Crippen LogP contribution in [0.25, 0.3) is 11.3 Å². The molecule has 94 valence electrons. The summed E-state index contributed by atoms with van der Waals surface area (Å²) in [4.78, 5) is 15.4. The molecule has 1 aromatic carbocycles. The number of carbonyl (C=O) groups excluding carboxylic acids is 1. The fraction of sp³-hybridized carbons (Fsp3) is 0.231. The third-order valence-electron chi connectivity index (χ3n) is 2.30. The van der Waals surface area contributed by atoms with Gasteiger partial charge in [0.1, 0.15) is 6.61 Å². The summed E-state index contributed by atoms with van der Waals surface area (Å²) in [5, 5.41) is 2.75. The van der Waals surface area contributed by atoms with Gasteiger partial charge in [-0.25, -0.2) is 4.98 Å². The lowest BCUT2D eigenvalue weighted by Gasteiger charge is -2.06. The average molecular weight is 246 g/mol. The first-order chi connectivity index (χ1) is 8.79. The van der Waals surface area contributed by atoms with Crippen molar-refractivity contribution in [2.45, 2.75) is 6.92 Å². The molecule has 5 nitrogen and oxygen atoms in total. The molecule has 1 aromatic heterocycles. The van der Waals surface area contributed by atoms with Crippen LogP contribution >= 0.6 is 0 Å². The second-order valence-corrected chi connectivity index (χ2v) is 3.63. The Morgan fingerprint density at radius 3 is 3.11 bits per heavy atom. The summed E-state index contributed by atoms with van der Waals surface area (Å²) in [6.07, 6.45) is 3.00. The number of aromatic nitrogens is 1. The molecule has 0 spiro atoms. The first kappa shape index (κ1) is 12.3. The molecule has 0 atom stereocenters. The van der Waals surface area contributed by atoms with Gasteiger partial charge in [0.15, 0.2) is 12.2 Å². The summed E-state index contributed by atoms with van der Waals surface area (Å²) in [6.45, 7) is 2.42. The van der Waals surface area contributed by atoms with E-state index >= 15 is 0 Å². The highest BCUT2D eigenvalue weighted by molar-refractivity contribution is 5.92. The first-order valence-corrected chi connectivity index (χ1v) is 5.66. The van der Waals surface area contributed by atoms with E-state index in [1.807, 2.05) is 31.2 Å². The third-order valence-corrected chi connectivity index (χ3v) is 2.30. The van der Waals surface area contributed by atoms with E-state index in [2.05, 4.69) is 10.3 Å². The summed E-state index contributed by atoms with van der Waals surface area (Å²) in [7, 11) is 0. The molecule has 0 bridgehead atoms. The number of nitrogens with one attached hydrogen (secondary N) is 1. The fourth-order valence-electron chi connectivity index (χ4n) is 1.50. The minimum absolute atomic E-state index is 0.0586. The zero-order valence-electron chi connectivity index (χ0n) is 10.1. The molecule has 1 heterocycles. The van der Waals surface area contributed by atoms with E-state index in [-0.39, 0.29) is 12.5 Å². The smallest absolute Gasteiger partial charge is 0.250 e. The normalized spacial score (nSPS) is 10.3. The van der Waals surface area contributed by atoms with Crippen molar-refractivity contribution < 1.29 is 13.9 Å².